The number of benzene rings is 1. The molecule has 1 N–H and O–H groups in total. The number of aromatic nitrogens is 2. The molecule has 0 fully saturated rings. The van der Waals surface area contributed by atoms with Gasteiger partial charge in [0, 0.05) is 5.39 Å². The van der Waals surface area contributed by atoms with Crippen LogP contribution in [0.2, 0.25) is 5.02 Å². The van der Waals surface area contributed by atoms with Crippen LogP contribution in [0.5, 0.6) is 0 Å². The largest absolute Gasteiger partial charge is 0.272 e. The molecule has 0 bridgehead atoms. The molecular formula is C11H13ClN2O. The van der Waals surface area contributed by atoms with Crippen molar-refractivity contribution in [3.8, 4) is 0 Å². The minimum Gasteiger partial charge on any atom is -0.267 e. The first kappa shape index (κ1) is 11.7. The summed E-state index contributed by atoms with van der Waals surface area (Å²) in [7, 11) is 0. The van der Waals surface area contributed by atoms with Gasteiger partial charge in [-0.3, -0.25) is 4.79 Å². The number of halogens is 1. The topological polar surface area (TPSA) is 45.8 Å². The van der Waals surface area contributed by atoms with Crippen LogP contribution >= 0.6 is 11.6 Å². The minimum absolute atomic E-state index is 0.205. The molecule has 0 atom stereocenters. The molecule has 0 aliphatic heterocycles. The Morgan fingerprint density at radius 2 is 2.00 bits per heavy atom. The van der Waals surface area contributed by atoms with Crippen molar-refractivity contribution in [2.24, 2.45) is 0 Å². The zero-order chi connectivity index (χ0) is 11.4. The summed E-state index contributed by atoms with van der Waals surface area (Å²) in [6, 6.07) is 5.23. The summed E-state index contributed by atoms with van der Waals surface area (Å²) in [5.74, 6) is 0. The zero-order valence-electron chi connectivity index (χ0n) is 8.97. The highest BCUT2D eigenvalue weighted by molar-refractivity contribution is 6.35. The van der Waals surface area contributed by atoms with E-state index in [0.717, 1.165) is 11.1 Å². The Kier molecular flexibility index (Phi) is 3.86. The summed E-state index contributed by atoms with van der Waals surface area (Å²) >= 11 is 5.94. The highest BCUT2D eigenvalue weighted by atomic mass is 35.5. The molecule has 2 aromatic rings. The van der Waals surface area contributed by atoms with E-state index in [9.17, 15) is 4.79 Å². The van der Waals surface area contributed by atoms with E-state index in [-0.39, 0.29) is 5.56 Å². The van der Waals surface area contributed by atoms with Crippen molar-refractivity contribution in [1.82, 2.24) is 10.2 Å². The van der Waals surface area contributed by atoms with Gasteiger partial charge in [0.05, 0.1) is 16.1 Å². The summed E-state index contributed by atoms with van der Waals surface area (Å²) < 4.78 is 0. The Morgan fingerprint density at radius 3 is 2.60 bits per heavy atom. The second-order valence-electron chi connectivity index (χ2n) is 2.80. The number of rotatable bonds is 0. The van der Waals surface area contributed by atoms with E-state index in [0.29, 0.717) is 10.4 Å². The van der Waals surface area contributed by atoms with E-state index in [2.05, 4.69) is 10.2 Å². The smallest absolute Gasteiger partial charge is 0.267 e. The van der Waals surface area contributed by atoms with Crippen LogP contribution < -0.4 is 5.56 Å². The molecule has 0 spiro atoms. The number of H-pyrrole nitrogens is 1. The van der Waals surface area contributed by atoms with E-state index in [4.69, 9.17) is 11.6 Å². The third kappa shape index (κ3) is 2.18. The number of hydrogen-bond donors (Lipinski definition) is 1. The minimum atomic E-state index is -0.205. The molecule has 0 saturated heterocycles. The summed E-state index contributed by atoms with van der Waals surface area (Å²) in [5, 5.41) is 8.13. The number of hydrogen-bond acceptors (Lipinski definition) is 2. The summed E-state index contributed by atoms with van der Waals surface area (Å²) in [5.41, 5.74) is 0.531. The molecule has 80 valence electrons. The summed E-state index contributed by atoms with van der Waals surface area (Å²) in [6.45, 7) is 5.81. The van der Waals surface area contributed by atoms with Crippen LogP contribution in [0.3, 0.4) is 0 Å². The van der Waals surface area contributed by atoms with Gasteiger partial charge in [-0.15, -0.1) is 0 Å². The first-order valence-corrected chi connectivity index (χ1v) is 5.21. The van der Waals surface area contributed by atoms with Gasteiger partial charge < -0.3 is 0 Å². The Bertz CT molecular complexity index is 511. The lowest BCUT2D eigenvalue weighted by Gasteiger charge is -2.00. The van der Waals surface area contributed by atoms with Gasteiger partial charge in [0.25, 0.3) is 5.56 Å². The van der Waals surface area contributed by atoms with Crippen LogP contribution in [0.1, 0.15) is 19.5 Å². The molecule has 4 heteroatoms. The average Bonchev–Trinajstić information content (AvgIpc) is 2.26. The van der Waals surface area contributed by atoms with Gasteiger partial charge in [-0.25, -0.2) is 5.10 Å². The van der Waals surface area contributed by atoms with Crippen molar-refractivity contribution in [3.63, 3.8) is 0 Å². The molecule has 1 aromatic carbocycles. The molecule has 2 rings (SSSR count). The molecule has 0 radical (unpaired) electrons. The van der Waals surface area contributed by atoms with E-state index in [1.165, 1.54) is 0 Å². The van der Waals surface area contributed by atoms with Gasteiger partial charge in [0.15, 0.2) is 0 Å². The van der Waals surface area contributed by atoms with Gasteiger partial charge in [0.2, 0.25) is 0 Å². The van der Waals surface area contributed by atoms with Crippen LogP contribution in [0, 0.1) is 6.92 Å². The van der Waals surface area contributed by atoms with Gasteiger partial charge >= 0.3 is 0 Å². The Hall–Kier alpha value is -1.35. The van der Waals surface area contributed by atoms with Crippen molar-refractivity contribution in [2.75, 3.05) is 0 Å². The Morgan fingerprint density at radius 1 is 1.33 bits per heavy atom. The van der Waals surface area contributed by atoms with E-state index < -0.39 is 0 Å². The first-order valence-electron chi connectivity index (χ1n) is 4.83. The lowest BCUT2D eigenvalue weighted by Crippen LogP contribution is -2.09. The number of fused-ring (bicyclic) bond motifs is 1. The Balaban J connectivity index is 0.000000531. The van der Waals surface area contributed by atoms with E-state index >= 15 is 0 Å². The molecule has 0 unspecified atom stereocenters. The fourth-order valence-corrected chi connectivity index (χ4v) is 1.64. The van der Waals surface area contributed by atoms with Crippen molar-refractivity contribution in [2.45, 2.75) is 20.8 Å². The predicted octanol–water partition coefficient (Wildman–Crippen LogP) is 2.91. The van der Waals surface area contributed by atoms with Gasteiger partial charge in [0.1, 0.15) is 0 Å². The average molecular weight is 225 g/mol. The fraction of sp³-hybridized carbons (Fsp3) is 0.273. The van der Waals surface area contributed by atoms with Crippen LogP contribution in [0.15, 0.2) is 23.0 Å². The first-order chi connectivity index (χ1) is 7.20. The second kappa shape index (κ2) is 4.94. The number of aromatic amines is 1. The standard InChI is InChI=1S/C9H7ClN2O.C2H6/c1-5-8-6(9(13)12-11-5)3-2-4-7(8)10;1-2/h2-4H,1H3,(H,12,13);1-2H3. The molecule has 3 nitrogen and oxygen atoms in total. The quantitative estimate of drug-likeness (QED) is 0.748. The Labute approximate surface area is 93.1 Å². The maximum absolute atomic E-state index is 11.3. The van der Waals surface area contributed by atoms with E-state index in [1.807, 2.05) is 20.8 Å². The number of nitrogens with one attached hydrogen (secondary N) is 1. The predicted molar refractivity (Wildman–Crippen MR) is 63.5 cm³/mol. The van der Waals surface area contributed by atoms with Crippen LogP contribution in [0.25, 0.3) is 10.8 Å². The van der Waals surface area contributed by atoms with Gasteiger partial charge in [-0.2, -0.15) is 5.10 Å². The maximum atomic E-state index is 11.3. The van der Waals surface area contributed by atoms with Crippen LogP contribution in [-0.2, 0) is 0 Å². The molecule has 0 aliphatic carbocycles. The summed E-state index contributed by atoms with van der Waals surface area (Å²) in [4.78, 5) is 11.3. The third-order valence-electron chi connectivity index (χ3n) is 1.95. The maximum Gasteiger partial charge on any atom is 0.272 e. The van der Waals surface area contributed by atoms with Crippen LogP contribution in [0.4, 0.5) is 0 Å². The molecule has 0 saturated carbocycles. The molecular weight excluding hydrogens is 212 g/mol. The van der Waals surface area contributed by atoms with E-state index in [1.54, 1.807) is 18.2 Å². The summed E-state index contributed by atoms with van der Waals surface area (Å²) in [6.07, 6.45) is 0. The number of aryl methyl sites for hydroxylation is 1. The highest BCUT2D eigenvalue weighted by Gasteiger charge is 2.05. The van der Waals surface area contributed by atoms with Crippen molar-refractivity contribution in [3.05, 3.63) is 39.3 Å². The fourth-order valence-electron chi connectivity index (χ4n) is 1.33. The van der Waals surface area contributed by atoms with Crippen molar-refractivity contribution in [1.29, 1.82) is 0 Å². The lowest BCUT2D eigenvalue weighted by molar-refractivity contribution is 0.970. The highest BCUT2D eigenvalue weighted by Crippen LogP contribution is 2.21. The molecule has 0 aliphatic rings. The molecule has 15 heavy (non-hydrogen) atoms. The normalized spacial score (nSPS) is 9.60. The SMILES string of the molecule is CC.Cc1n[nH]c(=O)c2cccc(Cl)c12. The van der Waals surface area contributed by atoms with Crippen molar-refractivity contribution >= 4 is 22.4 Å². The molecule has 1 aromatic heterocycles. The second-order valence-corrected chi connectivity index (χ2v) is 3.21. The monoisotopic (exact) mass is 224 g/mol. The van der Waals surface area contributed by atoms with Gasteiger partial charge in [-0.1, -0.05) is 31.5 Å². The van der Waals surface area contributed by atoms with Crippen molar-refractivity contribution < 1.29 is 0 Å². The lowest BCUT2D eigenvalue weighted by atomic mass is 10.1. The van der Waals surface area contributed by atoms with Gasteiger partial charge in [-0.05, 0) is 19.1 Å². The van der Waals surface area contributed by atoms with Crippen LogP contribution in [-0.4, -0.2) is 10.2 Å². The zero-order valence-corrected chi connectivity index (χ0v) is 9.72. The number of nitrogens with zero attached hydrogens (tertiary/aromatic N) is 1. The third-order valence-corrected chi connectivity index (χ3v) is 2.26. The molecule has 1 heterocycles. The molecule has 0 amide bonds.